The molecule has 0 aromatic carbocycles. The van der Waals surface area contributed by atoms with E-state index >= 15 is 0 Å². The molecule has 26 N–H and O–H groups in total. The highest BCUT2D eigenvalue weighted by atomic mass is 32.1. The Morgan fingerprint density at radius 1 is 0.394 bits per heavy atom. The molecule has 0 saturated carbocycles. The molecule has 40 heteroatoms. The van der Waals surface area contributed by atoms with Crippen LogP contribution in [0.1, 0.15) is 39.0 Å². The summed E-state index contributed by atoms with van der Waals surface area (Å²) < 4.78 is 40.3. The molecule has 0 aromatic heterocycles. The highest BCUT2D eigenvalue weighted by Crippen LogP contribution is 2.35. The molecule has 544 valence electrons. The largest absolute Gasteiger partial charge is 0.394 e. The van der Waals surface area contributed by atoms with Gasteiger partial charge in [-0.2, -0.15) is 0 Å². The fraction of sp³-hybridized carbons (Fsp3) is 0.907. The van der Waals surface area contributed by atoms with Crippen molar-refractivity contribution in [2.24, 2.45) is 11.8 Å². The zero-order chi connectivity index (χ0) is 68.8. The van der Waals surface area contributed by atoms with Gasteiger partial charge in [0.1, 0.15) is 85.5 Å². The summed E-state index contributed by atoms with van der Waals surface area (Å²) in [5.41, 5.74) is 0. The first-order chi connectivity index (χ1) is 44.9. The van der Waals surface area contributed by atoms with Gasteiger partial charge in [0.15, 0.2) is 56.9 Å². The Morgan fingerprint density at radius 3 is 1.28 bits per heavy atom. The highest BCUT2D eigenvalue weighted by molar-refractivity contribution is 7.81. The molecular weight excluding hydrogens is 1340 g/mol. The van der Waals surface area contributed by atoms with Gasteiger partial charge in [-0.15, -0.1) is 0 Å². The van der Waals surface area contributed by atoms with Crippen LogP contribution in [-0.4, -0.2) is 376 Å². The quantitative estimate of drug-likeness (QED) is 0.0309. The molecule has 0 amide bonds. The molecule has 25 unspecified atom stereocenters. The van der Waals surface area contributed by atoms with E-state index in [2.05, 4.69) is 58.1 Å². The summed E-state index contributed by atoms with van der Waals surface area (Å²) in [6, 6.07) is 0. The lowest BCUT2D eigenvalue weighted by molar-refractivity contribution is -0.355. The lowest BCUT2D eigenvalue weighted by Crippen LogP contribution is -2.64. The van der Waals surface area contributed by atoms with Crippen LogP contribution in [0, 0.1) is 11.8 Å². The first-order valence-electron chi connectivity index (χ1n) is 31.7. The van der Waals surface area contributed by atoms with E-state index in [1.807, 2.05) is 11.8 Å². The molecule has 35 nitrogen and oxygen atoms in total. The molecule has 9 rings (SSSR count). The summed E-state index contributed by atoms with van der Waals surface area (Å²) in [7, 11) is 0. The van der Waals surface area contributed by atoms with Gasteiger partial charge in [0, 0.05) is 110 Å². The second-order valence-electron chi connectivity index (χ2n) is 23.8. The summed E-state index contributed by atoms with van der Waals surface area (Å²) in [5.74, 6) is -1.03. The van der Waals surface area contributed by atoms with E-state index in [1.165, 1.54) is 0 Å². The van der Waals surface area contributed by atoms with Gasteiger partial charge in [0.05, 0.1) is 44.2 Å². The van der Waals surface area contributed by atoms with Gasteiger partial charge in [-0.25, -0.2) is 0 Å². The summed E-state index contributed by atoms with van der Waals surface area (Å²) in [4.78, 5) is 4.11. The molecule has 0 spiro atoms. The smallest absolute Gasteiger partial charge is 0.186 e. The molecule has 94 heavy (non-hydrogen) atoms. The van der Waals surface area contributed by atoms with Crippen molar-refractivity contribution >= 4 is 86.7 Å². The van der Waals surface area contributed by atoms with Crippen molar-refractivity contribution in [3.63, 3.8) is 0 Å². The number of thiocarbonyl (C=S) groups is 5. The number of rotatable bonds is 29. The van der Waals surface area contributed by atoms with Crippen molar-refractivity contribution in [2.45, 2.75) is 180 Å². The minimum Gasteiger partial charge on any atom is -0.394 e. The second-order valence-corrected chi connectivity index (χ2v) is 25.8. The molecular formula is C54H100N12O23S5. The van der Waals surface area contributed by atoms with E-state index in [-0.39, 0.29) is 53.2 Å². The van der Waals surface area contributed by atoms with E-state index in [0.717, 1.165) is 0 Å². The maximum Gasteiger partial charge on any atom is 0.186 e. The molecule has 0 radical (unpaired) electrons. The Labute approximate surface area is 571 Å². The normalized spacial score (nSPS) is 37.0. The fourth-order valence-electron chi connectivity index (χ4n) is 11.8. The van der Waals surface area contributed by atoms with Crippen LogP contribution in [0.4, 0.5) is 0 Å². The van der Waals surface area contributed by atoms with Gasteiger partial charge in [-0.1, -0.05) is 19.8 Å². The summed E-state index contributed by atoms with van der Waals surface area (Å²) >= 11 is 27.9. The Morgan fingerprint density at radius 2 is 0.819 bits per heavy atom. The number of hydrogen-bond donors (Lipinski definition) is 26. The Hall–Kier alpha value is -2.55. The average Bonchev–Trinajstić information content (AvgIpc) is 0.803. The van der Waals surface area contributed by atoms with Crippen molar-refractivity contribution in [3.8, 4) is 0 Å². The number of ether oxygens (including phenoxy) is 7. The molecule has 25 atom stereocenters. The van der Waals surface area contributed by atoms with Crippen LogP contribution in [-0.2, 0) is 33.2 Å². The van der Waals surface area contributed by atoms with Crippen LogP contribution in [0.2, 0.25) is 0 Å². The predicted octanol–water partition coefficient (Wildman–Crippen LogP) is -11.5. The third-order valence-corrected chi connectivity index (χ3v) is 18.6. The third kappa shape index (κ3) is 23.5. The number of aliphatic hydroxyl groups is 16. The minimum absolute atomic E-state index is 0.0417. The van der Waals surface area contributed by atoms with Crippen molar-refractivity contribution in [2.75, 3.05) is 118 Å². The first kappa shape index (κ1) is 80.4. The highest BCUT2D eigenvalue weighted by Gasteiger charge is 2.52. The molecule has 9 aliphatic heterocycles. The van der Waals surface area contributed by atoms with Crippen molar-refractivity contribution in [1.82, 2.24) is 63.0 Å². The Kier molecular flexibility index (Phi) is 34.8. The fourth-order valence-corrected chi connectivity index (χ4v) is 12.8. The maximum absolute atomic E-state index is 11.4. The third-order valence-electron chi connectivity index (χ3n) is 17.2. The van der Waals surface area contributed by atoms with Gasteiger partial charge in [-0.05, 0) is 80.4 Å². The van der Waals surface area contributed by atoms with Crippen molar-refractivity contribution in [3.05, 3.63) is 0 Å². The molecule has 4 bridgehead atoms. The molecule has 9 aliphatic rings. The zero-order valence-electron chi connectivity index (χ0n) is 52.1. The standard InChI is InChI=1S/C54H100N12O23S5/c1-2-5-25-27(86-47(82)41(79)32(25)70)20-61-51(91)57-9-15-65(16-10-58-52(92)62-21-28-26-6-3-4-19-83-48-43(81)38(76)44(31(24-69)88-48)89-49(87-28)42(80)33(26)71)13-7-55-50(90)56-8-14-66(17-11-59-53(93)63-45-39(77)36(74)34(72)29(22-67)84-45)18-12-60-54(94)64-46-40(78)37(75)35(73)30(23-68)85-46/h25-49,67-82H,2-24H2,1H3,(H2,55,56,90)(H2,57,61,91)(H2,58,62,92)(H2,59,63,93)(H2,60,64,94). The summed E-state index contributed by atoms with van der Waals surface area (Å²) in [6.07, 6.45) is -28.5. The van der Waals surface area contributed by atoms with Crippen LogP contribution in [0.25, 0.3) is 0 Å². The van der Waals surface area contributed by atoms with Crippen molar-refractivity contribution < 1.29 is 115 Å². The van der Waals surface area contributed by atoms with E-state index in [1.54, 1.807) is 0 Å². The molecule has 9 fully saturated rings. The molecule has 9 heterocycles. The Balaban J connectivity index is 1.02. The van der Waals surface area contributed by atoms with Crippen LogP contribution in [0.15, 0.2) is 0 Å². The lowest BCUT2D eigenvalue weighted by atomic mass is 9.84. The van der Waals surface area contributed by atoms with E-state index in [4.69, 9.17) is 94.2 Å². The topological polar surface area (TPSA) is 515 Å². The predicted molar refractivity (Wildman–Crippen MR) is 352 cm³/mol. The van der Waals surface area contributed by atoms with Gasteiger partial charge >= 0.3 is 0 Å². The number of aliphatic hydroxyl groups excluding tert-OH is 16. The molecule has 9 saturated heterocycles. The SMILES string of the molecule is CCCC1C(CNC(=S)NCCN(CCNC(=S)NCCN(CCNC(=S)NC2OC(CO)C(O)C(O)C2O)CCNC(=S)NC2OC(CO)C(O)C(O)C2O)CCNC(=S)NCC2OC3OC4C(CO)OC(OCCCCC2C(O)C3O)C(O)C4O)OC(O)C(O)C1O. The van der Waals surface area contributed by atoms with Crippen LogP contribution < -0.4 is 53.2 Å². The minimum atomic E-state index is -1.62. The number of hydrogen-bond acceptors (Lipinski definition) is 30. The van der Waals surface area contributed by atoms with Crippen LogP contribution in [0.5, 0.6) is 0 Å². The summed E-state index contributed by atoms with van der Waals surface area (Å²) in [6.45, 7) is 4.79. The number of nitrogens with one attached hydrogen (secondary N) is 10. The van der Waals surface area contributed by atoms with E-state index in [9.17, 15) is 81.7 Å². The first-order valence-corrected chi connectivity index (χ1v) is 33.8. The molecule has 0 aliphatic carbocycles. The van der Waals surface area contributed by atoms with Crippen LogP contribution >= 0.6 is 61.1 Å². The van der Waals surface area contributed by atoms with Crippen LogP contribution in [0.3, 0.4) is 0 Å². The average molecular weight is 1450 g/mol. The number of nitrogens with zero attached hydrogens (tertiary/aromatic N) is 2. The van der Waals surface area contributed by atoms with Gasteiger partial charge in [-0.3, -0.25) is 9.80 Å². The monoisotopic (exact) mass is 1440 g/mol. The van der Waals surface area contributed by atoms with E-state index in [0.29, 0.717) is 103 Å². The van der Waals surface area contributed by atoms with Gasteiger partial charge in [0.25, 0.3) is 0 Å². The van der Waals surface area contributed by atoms with Gasteiger partial charge in [0.2, 0.25) is 0 Å². The summed E-state index contributed by atoms with van der Waals surface area (Å²) in [5, 5.41) is 198. The Bertz CT molecular complexity index is 2250. The van der Waals surface area contributed by atoms with Gasteiger partial charge < -0.3 is 168 Å². The zero-order valence-corrected chi connectivity index (χ0v) is 56.2. The van der Waals surface area contributed by atoms with Crippen molar-refractivity contribution in [1.29, 1.82) is 0 Å². The second kappa shape index (κ2) is 40.6. The van der Waals surface area contributed by atoms with E-state index < -0.39 is 173 Å². The maximum atomic E-state index is 11.4. The molecule has 0 aromatic rings. The lowest BCUT2D eigenvalue weighted by Gasteiger charge is -2.47.